The van der Waals surface area contributed by atoms with Crippen molar-refractivity contribution in [1.29, 1.82) is 0 Å². The van der Waals surface area contributed by atoms with Crippen LogP contribution in [0, 0.1) is 0 Å². The Labute approximate surface area is 172 Å². The lowest BCUT2D eigenvalue weighted by Gasteiger charge is -2.18. The first kappa shape index (κ1) is 18.1. The third-order valence-corrected chi connectivity index (χ3v) is 5.45. The Balaban J connectivity index is 1.36. The Morgan fingerprint density at radius 1 is 1.27 bits per heavy atom. The number of H-pyrrole nitrogens is 1. The van der Waals surface area contributed by atoms with Crippen LogP contribution in [0.15, 0.2) is 51.2 Å². The molecule has 3 N–H and O–H groups in total. The number of benzene rings is 1. The van der Waals surface area contributed by atoms with Crippen LogP contribution in [0.2, 0.25) is 0 Å². The zero-order chi connectivity index (χ0) is 20.7. The van der Waals surface area contributed by atoms with Crippen molar-refractivity contribution in [3.05, 3.63) is 63.7 Å². The largest absolute Gasteiger partial charge is 0.482 e. The number of nitrogens with one attached hydrogen (secondary N) is 3. The SMILES string of the molecule is O=C1COc2ccc(CNC(=O)c3nc4scc(-c5ccco5)c4c(=O)[nH]3)cc2N1. The number of hydrogen-bond acceptors (Lipinski definition) is 7. The second-order valence-corrected chi connectivity index (χ2v) is 7.43. The molecule has 4 heterocycles. The lowest BCUT2D eigenvalue weighted by molar-refractivity contribution is -0.118. The molecule has 0 bridgehead atoms. The number of thiophene rings is 1. The number of carbonyl (C=O) groups excluding carboxylic acids is 2. The average Bonchev–Trinajstić information content (AvgIpc) is 3.41. The zero-order valence-corrected chi connectivity index (χ0v) is 16.2. The fourth-order valence-electron chi connectivity index (χ4n) is 3.18. The molecule has 5 rings (SSSR count). The molecule has 0 atom stereocenters. The summed E-state index contributed by atoms with van der Waals surface area (Å²) < 4.78 is 10.7. The van der Waals surface area contributed by atoms with Crippen molar-refractivity contribution < 1.29 is 18.7 Å². The molecule has 0 fully saturated rings. The molecule has 10 heteroatoms. The van der Waals surface area contributed by atoms with E-state index in [0.29, 0.717) is 33.0 Å². The van der Waals surface area contributed by atoms with Gasteiger partial charge in [-0.1, -0.05) is 6.07 Å². The molecule has 4 aromatic rings. The van der Waals surface area contributed by atoms with Gasteiger partial charge in [0, 0.05) is 17.5 Å². The summed E-state index contributed by atoms with van der Waals surface area (Å²) in [5, 5.41) is 7.60. The van der Waals surface area contributed by atoms with Gasteiger partial charge in [0.05, 0.1) is 17.3 Å². The van der Waals surface area contributed by atoms with Gasteiger partial charge in [0.15, 0.2) is 6.61 Å². The molecule has 1 aromatic carbocycles. The van der Waals surface area contributed by atoms with Crippen molar-refractivity contribution in [3.8, 4) is 17.1 Å². The maximum atomic E-state index is 12.6. The van der Waals surface area contributed by atoms with Gasteiger partial charge in [-0.25, -0.2) is 4.98 Å². The predicted octanol–water partition coefficient (Wildman–Crippen LogP) is 2.51. The summed E-state index contributed by atoms with van der Waals surface area (Å²) in [4.78, 5) is 43.9. The number of anilines is 1. The summed E-state index contributed by atoms with van der Waals surface area (Å²) in [6.07, 6.45) is 1.53. The first-order chi connectivity index (χ1) is 14.6. The minimum Gasteiger partial charge on any atom is -0.482 e. The van der Waals surface area contributed by atoms with Crippen molar-refractivity contribution in [3.63, 3.8) is 0 Å². The number of rotatable bonds is 4. The maximum Gasteiger partial charge on any atom is 0.287 e. The van der Waals surface area contributed by atoms with E-state index in [1.807, 2.05) is 0 Å². The van der Waals surface area contributed by atoms with Gasteiger partial charge in [0.25, 0.3) is 17.4 Å². The fourth-order valence-corrected chi connectivity index (χ4v) is 4.10. The number of fused-ring (bicyclic) bond motifs is 2. The van der Waals surface area contributed by atoms with Crippen LogP contribution in [0.3, 0.4) is 0 Å². The average molecular weight is 422 g/mol. The highest BCUT2D eigenvalue weighted by atomic mass is 32.1. The highest BCUT2D eigenvalue weighted by molar-refractivity contribution is 7.17. The molecule has 30 heavy (non-hydrogen) atoms. The quantitative estimate of drug-likeness (QED) is 0.464. The molecule has 9 nitrogen and oxygen atoms in total. The Bertz CT molecular complexity index is 1340. The molecule has 2 amide bonds. The van der Waals surface area contributed by atoms with Crippen LogP contribution in [0.5, 0.6) is 5.75 Å². The molecule has 0 saturated heterocycles. The van der Waals surface area contributed by atoms with Crippen LogP contribution in [0.4, 0.5) is 5.69 Å². The molecule has 0 spiro atoms. The summed E-state index contributed by atoms with van der Waals surface area (Å²) in [7, 11) is 0. The van der Waals surface area contributed by atoms with Crippen LogP contribution in [0.25, 0.3) is 21.5 Å². The zero-order valence-electron chi connectivity index (χ0n) is 15.4. The minimum atomic E-state index is -0.514. The second kappa shape index (κ2) is 7.16. The Kier molecular flexibility index (Phi) is 4.32. The molecule has 1 aliphatic heterocycles. The van der Waals surface area contributed by atoms with Crippen LogP contribution in [-0.4, -0.2) is 28.4 Å². The highest BCUT2D eigenvalue weighted by Crippen LogP contribution is 2.31. The fraction of sp³-hybridized carbons (Fsp3) is 0.100. The Morgan fingerprint density at radius 3 is 3.00 bits per heavy atom. The van der Waals surface area contributed by atoms with E-state index < -0.39 is 11.5 Å². The summed E-state index contributed by atoms with van der Waals surface area (Å²) >= 11 is 1.26. The topological polar surface area (TPSA) is 126 Å². The van der Waals surface area contributed by atoms with Crippen molar-refractivity contribution in [2.45, 2.75) is 6.54 Å². The van der Waals surface area contributed by atoms with Crippen molar-refractivity contribution in [2.24, 2.45) is 0 Å². The summed E-state index contributed by atoms with van der Waals surface area (Å²) in [6.45, 7) is 0.167. The third kappa shape index (κ3) is 3.22. The first-order valence-electron chi connectivity index (χ1n) is 8.97. The minimum absolute atomic E-state index is 0.0189. The number of aromatic nitrogens is 2. The van der Waals surface area contributed by atoms with Crippen LogP contribution < -0.4 is 20.9 Å². The highest BCUT2D eigenvalue weighted by Gasteiger charge is 2.18. The molecule has 0 saturated carbocycles. The number of nitrogens with zero attached hydrogens (tertiary/aromatic N) is 1. The van der Waals surface area contributed by atoms with Gasteiger partial charge < -0.3 is 24.8 Å². The molecule has 0 unspecified atom stereocenters. The van der Waals surface area contributed by atoms with E-state index in [1.165, 1.54) is 17.6 Å². The van der Waals surface area contributed by atoms with Gasteiger partial charge in [-0.3, -0.25) is 14.4 Å². The monoisotopic (exact) mass is 422 g/mol. The second-order valence-electron chi connectivity index (χ2n) is 6.57. The number of furan rings is 1. The molecule has 150 valence electrons. The van der Waals surface area contributed by atoms with Gasteiger partial charge in [-0.05, 0) is 29.8 Å². The van der Waals surface area contributed by atoms with Gasteiger partial charge >= 0.3 is 0 Å². The summed E-state index contributed by atoms with van der Waals surface area (Å²) in [6, 6.07) is 8.73. The summed E-state index contributed by atoms with van der Waals surface area (Å²) in [5.41, 5.74) is 1.54. The van der Waals surface area contributed by atoms with E-state index in [-0.39, 0.29) is 24.9 Å². The molecule has 0 radical (unpaired) electrons. The van der Waals surface area contributed by atoms with Gasteiger partial charge in [0.2, 0.25) is 5.82 Å². The normalized spacial score (nSPS) is 12.9. The van der Waals surface area contributed by atoms with E-state index >= 15 is 0 Å². The maximum absolute atomic E-state index is 12.6. The molecular formula is C20H14N4O5S. The number of hydrogen-bond donors (Lipinski definition) is 3. The first-order valence-corrected chi connectivity index (χ1v) is 9.85. The van der Waals surface area contributed by atoms with E-state index in [1.54, 1.807) is 35.7 Å². The third-order valence-electron chi connectivity index (χ3n) is 4.58. The standard InChI is InChI=1S/C20H14N4O5S/c25-15-8-29-14-4-3-10(6-12(14)22-15)7-21-19(27)17-23-18(26)16-11(9-30-20(16)24-17)13-2-1-5-28-13/h1-6,9H,7-8H2,(H,21,27)(H,22,25)(H,23,24,26). The molecule has 0 aliphatic carbocycles. The molecule has 3 aromatic heterocycles. The van der Waals surface area contributed by atoms with Crippen LogP contribution in [0.1, 0.15) is 16.2 Å². The predicted molar refractivity (Wildman–Crippen MR) is 110 cm³/mol. The van der Waals surface area contributed by atoms with Crippen LogP contribution >= 0.6 is 11.3 Å². The lowest BCUT2D eigenvalue weighted by atomic mass is 10.1. The Morgan fingerprint density at radius 2 is 2.17 bits per heavy atom. The van der Waals surface area contributed by atoms with Gasteiger partial charge in [-0.15, -0.1) is 11.3 Å². The van der Waals surface area contributed by atoms with Gasteiger partial charge in [0.1, 0.15) is 16.3 Å². The number of ether oxygens (including phenoxy) is 1. The number of carbonyl (C=O) groups is 2. The van der Waals surface area contributed by atoms with E-state index in [4.69, 9.17) is 9.15 Å². The smallest absolute Gasteiger partial charge is 0.287 e. The van der Waals surface area contributed by atoms with Crippen molar-refractivity contribution >= 4 is 39.1 Å². The van der Waals surface area contributed by atoms with Gasteiger partial charge in [-0.2, -0.15) is 0 Å². The number of amides is 2. The molecule has 1 aliphatic rings. The van der Waals surface area contributed by atoms with Crippen molar-refractivity contribution in [2.75, 3.05) is 11.9 Å². The summed E-state index contributed by atoms with van der Waals surface area (Å²) in [5.74, 6) is 0.318. The van der Waals surface area contributed by atoms with Crippen molar-refractivity contribution in [1.82, 2.24) is 15.3 Å². The molecular weight excluding hydrogens is 408 g/mol. The van der Waals surface area contributed by atoms with Crippen LogP contribution in [-0.2, 0) is 11.3 Å². The lowest BCUT2D eigenvalue weighted by Crippen LogP contribution is -2.28. The van der Waals surface area contributed by atoms with E-state index in [9.17, 15) is 14.4 Å². The Hall–Kier alpha value is -3.92. The number of aromatic amines is 1. The van der Waals surface area contributed by atoms with E-state index in [2.05, 4.69) is 20.6 Å². The van der Waals surface area contributed by atoms with E-state index in [0.717, 1.165) is 5.56 Å².